The van der Waals surface area contributed by atoms with Gasteiger partial charge >= 0.3 is 12.0 Å². The Morgan fingerprint density at radius 1 is 1.11 bits per heavy atom. The number of likely N-dealkylation sites (N-methyl/N-ethyl adjacent to an activating group) is 2. The monoisotopic (exact) mass is 389 g/mol. The summed E-state index contributed by atoms with van der Waals surface area (Å²) in [5.74, 6) is -0.449. The number of imide groups is 1. The summed E-state index contributed by atoms with van der Waals surface area (Å²) in [5, 5.41) is 9.83. The lowest BCUT2D eigenvalue weighted by Gasteiger charge is -2.42. The summed E-state index contributed by atoms with van der Waals surface area (Å²) in [5.41, 5.74) is -0.195. The van der Waals surface area contributed by atoms with E-state index in [-0.39, 0.29) is 18.0 Å². The van der Waals surface area contributed by atoms with Crippen LogP contribution in [-0.4, -0.2) is 76.5 Å². The molecule has 28 heavy (non-hydrogen) atoms. The van der Waals surface area contributed by atoms with E-state index in [1.807, 2.05) is 18.7 Å². The summed E-state index contributed by atoms with van der Waals surface area (Å²) in [4.78, 5) is 41.3. The Hall–Kier alpha value is -2.61. The predicted octanol–water partition coefficient (Wildman–Crippen LogP) is 1.96. The number of likely N-dealkylation sites (tertiary alicyclic amines) is 1. The number of ether oxygens (including phenoxy) is 1. The first-order valence-electron chi connectivity index (χ1n) is 9.47. The minimum atomic E-state index is -0.937. The maximum atomic E-state index is 12.6. The van der Waals surface area contributed by atoms with Gasteiger partial charge in [-0.25, -0.2) is 4.79 Å². The van der Waals surface area contributed by atoms with Gasteiger partial charge in [0.05, 0.1) is 6.10 Å². The van der Waals surface area contributed by atoms with Gasteiger partial charge in [0.15, 0.2) is 0 Å². The molecule has 0 aliphatic carbocycles. The molecule has 8 nitrogen and oxygen atoms in total. The fourth-order valence-electron chi connectivity index (χ4n) is 4.16. The van der Waals surface area contributed by atoms with Crippen LogP contribution in [0.25, 0.3) is 0 Å². The smallest absolute Gasteiger partial charge is 0.327 e. The van der Waals surface area contributed by atoms with Crippen LogP contribution in [0.1, 0.15) is 38.3 Å². The molecule has 3 amide bonds. The summed E-state index contributed by atoms with van der Waals surface area (Å²) in [6, 6.07) is 5.97. The number of urea groups is 1. The van der Waals surface area contributed by atoms with Crippen molar-refractivity contribution in [3.8, 4) is 5.75 Å². The van der Waals surface area contributed by atoms with Crippen LogP contribution in [0.5, 0.6) is 5.75 Å². The van der Waals surface area contributed by atoms with E-state index in [2.05, 4.69) is 0 Å². The standard InChI is InChI=1S/C20H27N3O5/c1-13(2)28-15-7-5-14(6-8-15)16(17(24)25)23-11-9-20(10-12-23)18(26)21(3)19(27)22(20)4/h5-8,13,16H,9-12H2,1-4H3,(H,24,25). The summed E-state index contributed by atoms with van der Waals surface area (Å²) in [6.07, 6.45) is 0.870. The van der Waals surface area contributed by atoms with Crippen molar-refractivity contribution in [1.82, 2.24) is 14.7 Å². The van der Waals surface area contributed by atoms with Crippen molar-refractivity contribution in [2.24, 2.45) is 0 Å². The summed E-state index contributed by atoms with van der Waals surface area (Å²) in [7, 11) is 3.13. The molecule has 1 N–H and O–H groups in total. The molecular formula is C20H27N3O5. The lowest BCUT2D eigenvalue weighted by Crippen LogP contribution is -2.56. The molecule has 2 saturated heterocycles. The molecule has 0 aromatic heterocycles. The van der Waals surface area contributed by atoms with Gasteiger partial charge in [-0.1, -0.05) is 12.1 Å². The number of carboxylic acids is 1. The highest BCUT2D eigenvalue weighted by Crippen LogP contribution is 2.38. The van der Waals surface area contributed by atoms with Gasteiger partial charge in [-0.2, -0.15) is 0 Å². The second-order valence-electron chi connectivity index (χ2n) is 7.75. The number of carbonyl (C=O) groups is 3. The number of rotatable bonds is 5. The van der Waals surface area contributed by atoms with Crippen molar-refractivity contribution >= 4 is 17.9 Å². The Morgan fingerprint density at radius 3 is 2.11 bits per heavy atom. The van der Waals surface area contributed by atoms with E-state index in [4.69, 9.17) is 4.74 Å². The number of amides is 3. The third kappa shape index (κ3) is 3.32. The molecule has 1 atom stereocenters. The third-order valence-corrected chi connectivity index (χ3v) is 5.71. The van der Waals surface area contributed by atoms with Crippen LogP contribution in [0.3, 0.4) is 0 Å². The Morgan fingerprint density at radius 2 is 1.68 bits per heavy atom. The predicted molar refractivity (Wildman–Crippen MR) is 102 cm³/mol. The molecule has 2 fully saturated rings. The first-order chi connectivity index (χ1) is 13.2. The van der Waals surface area contributed by atoms with Gasteiger partial charge in [0.25, 0.3) is 5.91 Å². The quantitative estimate of drug-likeness (QED) is 0.774. The molecule has 2 heterocycles. The minimum Gasteiger partial charge on any atom is -0.491 e. The molecule has 1 spiro atoms. The first kappa shape index (κ1) is 20.1. The Balaban J connectivity index is 1.76. The van der Waals surface area contributed by atoms with E-state index in [9.17, 15) is 19.5 Å². The number of hydrogen-bond donors (Lipinski definition) is 1. The molecule has 1 aromatic carbocycles. The number of hydrogen-bond acceptors (Lipinski definition) is 5. The van der Waals surface area contributed by atoms with Crippen molar-refractivity contribution < 1.29 is 24.2 Å². The second kappa shape index (κ2) is 7.43. The van der Waals surface area contributed by atoms with Gasteiger partial charge in [-0.15, -0.1) is 0 Å². The van der Waals surface area contributed by atoms with E-state index in [1.165, 1.54) is 11.9 Å². The molecule has 8 heteroatoms. The Kier molecular flexibility index (Phi) is 5.34. The average Bonchev–Trinajstić information content (AvgIpc) is 2.80. The fraction of sp³-hybridized carbons (Fsp3) is 0.550. The minimum absolute atomic E-state index is 0.0428. The highest BCUT2D eigenvalue weighted by molar-refractivity contribution is 6.06. The number of nitrogens with zero attached hydrogens (tertiary/aromatic N) is 3. The maximum absolute atomic E-state index is 12.6. The van der Waals surface area contributed by atoms with Gasteiger partial charge in [0, 0.05) is 27.2 Å². The highest BCUT2D eigenvalue weighted by Gasteiger charge is 2.55. The van der Waals surface area contributed by atoms with Crippen molar-refractivity contribution in [1.29, 1.82) is 0 Å². The van der Waals surface area contributed by atoms with Crippen molar-refractivity contribution in [2.45, 2.75) is 44.4 Å². The highest BCUT2D eigenvalue weighted by atomic mass is 16.5. The van der Waals surface area contributed by atoms with Crippen molar-refractivity contribution in [3.05, 3.63) is 29.8 Å². The summed E-state index contributed by atoms with van der Waals surface area (Å²) < 4.78 is 5.62. The topological polar surface area (TPSA) is 90.4 Å². The van der Waals surface area contributed by atoms with E-state index >= 15 is 0 Å². The number of benzene rings is 1. The largest absolute Gasteiger partial charge is 0.491 e. The molecule has 1 aromatic rings. The molecule has 0 radical (unpaired) electrons. The molecule has 3 rings (SSSR count). The molecule has 152 valence electrons. The average molecular weight is 389 g/mol. The molecule has 0 saturated carbocycles. The Labute approximate surface area is 164 Å². The first-order valence-corrected chi connectivity index (χ1v) is 9.47. The number of aliphatic carboxylic acids is 1. The zero-order valence-corrected chi connectivity index (χ0v) is 16.7. The second-order valence-corrected chi connectivity index (χ2v) is 7.75. The summed E-state index contributed by atoms with van der Waals surface area (Å²) >= 11 is 0. The molecular weight excluding hydrogens is 362 g/mol. The molecule has 2 aliphatic heterocycles. The zero-order chi connectivity index (χ0) is 20.6. The van der Waals surface area contributed by atoms with Gasteiger partial charge < -0.3 is 14.7 Å². The van der Waals surface area contributed by atoms with Crippen LogP contribution >= 0.6 is 0 Å². The van der Waals surface area contributed by atoms with Gasteiger partial charge in [0.1, 0.15) is 17.3 Å². The molecule has 1 unspecified atom stereocenters. The lowest BCUT2D eigenvalue weighted by molar-refractivity contribution is -0.145. The van der Waals surface area contributed by atoms with Gasteiger partial charge in [0.2, 0.25) is 0 Å². The van der Waals surface area contributed by atoms with Crippen molar-refractivity contribution in [2.75, 3.05) is 27.2 Å². The van der Waals surface area contributed by atoms with Gasteiger partial charge in [-0.3, -0.25) is 19.4 Å². The molecule has 2 aliphatic rings. The number of carbonyl (C=O) groups excluding carboxylic acids is 2. The van der Waals surface area contributed by atoms with Crippen LogP contribution in [0.2, 0.25) is 0 Å². The van der Waals surface area contributed by atoms with Crippen LogP contribution in [-0.2, 0) is 9.59 Å². The summed E-state index contributed by atoms with van der Waals surface area (Å²) in [6.45, 7) is 4.69. The van der Waals surface area contributed by atoms with Crippen molar-refractivity contribution in [3.63, 3.8) is 0 Å². The van der Waals surface area contributed by atoms with Crippen LogP contribution in [0.4, 0.5) is 4.79 Å². The number of carboxylic acid groups (broad SMARTS) is 1. The fourth-order valence-corrected chi connectivity index (χ4v) is 4.16. The normalized spacial score (nSPS) is 20.9. The lowest BCUT2D eigenvalue weighted by atomic mass is 9.85. The van der Waals surface area contributed by atoms with Crippen LogP contribution in [0.15, 0.2) is 24.3 Å². The van der Waals surface area contributed by atoms with Gasteiger partial charge in [-0.05, 0) is 44.4 Å². The van der Waals surface area contributed by atoms with E-state index in [0.717, 1.165) is 4.90 Å². The Bertz CT molecular complexity index is 769. The van der Waals surface area contributed by atoms with E-state index < -0.39 is 17.6 Å². The van der Waals surface area contributed by atoms with Crippen LogP contribution in [0, 0.1) is 0 Å². The number of piperidine rings is 1. The third-order valence-electron chi connectivity index (χ3n) is 5.71. The SMILES string of the molecule is CC(C)Oc1ccc(C(C(=O)O)N2CCC3(CC2)C(=O)N(C)C(=O)N3C)cc1. The zero-order valence-electron chi connectivity index (χ0n) is 16.7. The van der Waals surface area contributed by atoms with E-state index in [1.54, 1.807) is 31.3 Å². The van der Waals surface area contributed by atoms with Crippen LogP contribution < -0.4 is 4.74 Å². The van der Waals surface area contributed by atoms with E-state index in [0.29, 0.717) is 37.2 Å². The maximum Gasteiger partial charge on any atom is 0.327 e. The molecule has 0 bridgehead atoms.